The second kappa shape index (κ2) is 6.95. The predicted molar refractivity (Wildman–Crippen MR) is 79.8 cm³/mol. The van der Waals surface area contributed by atoms with Crippen molar-refractivity contribution in [2.24, 2.45) is 0 Å². The van der Waals surface area contributed by atoms with Crippen LogP contribution in [0.5, 0.6) is 0 Å². The summed E-state index contributed by atoms with van der Waals surface area (Å²) in [7, 11) is -5.50. The van der Waals surface area contributed by atoms with Gasteiger partial charge in [0.05, 0.1) is 5.56 Å². The second-order valence-electron chi connectivity index (χ2n) is 4.33. The van der Waals surface area contributed by atoms with E-state index in [0.717, 1.165) is 12.1 Å². The molecule has 1 aromatic rings. The summed E-state index contributed by atoms with van der Waals surface area (Å²) in [6.07, 6.45) is 1.41. The molecule has 0 saturated heterocycles. The number of aromatic carboxylic acids is 1. The average molecular weight is 402 g/mol. The van der Waals surface area contributed by atoms with Crippen LogP contribution in [0.25, 0.3) is 0 Å². The molecule has 6 nitrogen and oxygen atoms in total. The van der Waals surface area contributed by atoms with Crippen LogP contribution in [0.15, 0.2) is 21.5 Å². The summed E-state index contributed by atoms with van der Waals surface area (Å²) in [5.41, 5.74) is -0.753. The number of hydrogen-bond acceptors (Lipinski definition) is 4. The molecule has 1 rings (SSSR count). The zero-order chi connectivity index (χ0) is 16.4. The van der Waals surface area contributed by atoms with Crippen molar-refractivity contribution in [1.29, 1.82) is 0 Å². The number of carbonyl (C=O) groups is 1. The van der Waals surface area contributed by atoms with Gasteiger partial charge < -0.3 is 5.11 Å². The number of benzene rings is 1. The molecule has 21 heavy (non-hydrogen) atoms. The largest absolute Gasteiger partial charge is 0.478 e. The average Bonchev–Trinajstić information content (AvgIpc) is 2.29. The molecule has 2 N–H and O–H groups in total. The van der Waals surface area contributed by atoms with Crippen LogP contribution in [0.4, 0.5) is 4.39 Å². The van der Waals surface area contributed by atoms with E-state index < -0.39 is 49.1 Å². The Morgan fingerprint density at radius 3 is 2.57 bits per heavy atom. The van der Waals surface area contributed by atoms with Gasteiger partial charge in [0, 0.05) is 33.3 Å². The molecule has 118 valence electrons. The van der Waals surface area contributed by atoms with E-state index in [0.29, 0.717) is 0 Å². The normalized spacial score (nSPS) is 14.7. The van der Waals surface area contributed by atoms with Crippen molar-refractivity contribution in [3.63, 3.8) is 0 Å². The molecule has 1 aromatic carbocycles. The van der Waals surface area contributed by atoms with Gasteiger partial charge in [0.25, 0.3) is 0 Å². The fraction of sp³-hybridized carbons (Fsp3) is 0.364. The zero-order valence-electron chi connectivity index (χ0n) is 11.1. The molecule has 0 aliphatic rings. The Balaban J connectivity index is 3.26. The van der Waals surface area contributed by atoms with Gasteiger partial charge in [-0.15, -0.1) is 0 Å². The maximum atomic E-state index is 14.0. The lowest BCUT2D eigenvalue weighted by Crippen LogP contribution is -2.36. The Hall–Kier alpha value is -0.840. The Bertz CT molecular complexity index is 692. The van der Waals surface area contributed by atoms with Gasteiger partial charge in [-0.2, -0.15) is 0 Å². The molecule has 0 aromatic heterocycles. The fourth-order valence-corrected chi connectivity index (χ4v) is 4.50. The van der Waals surface area contributed by atoms with Gasteiger partial charge in [0.15, 0.2) is 5.82 Å². The highest BCUT2D eigenvalue weighted by Crippen LogP contribution is 2.24. The minimum atomic E-state index is -4.27. The van der Waals surface area contributed by atoms with E-state index in [1.165, 1.54) is 13.2 Å². The van der Waals surface area contributed by atoms with Crippen LogP contribution in [0.1, 0.15) is 17.3 Å². The molecular formula is C11H13BrFNO5S2. The summed E-state index contributed by atoms with van der Waals surface area (Å²) in [6.45, 7) is 1.48. The van der Waals surface area contributed by atoms with Crippen LogP contribution in [-0.4, -0.2) is 41.8 Å². The minimum absolute atomic E-state index is 0.0562. The second-order valence-corrected chi connectivity index (χ2v) is 8.41. The SMILES string of the molecule is CC(CS(C)=O)NS(=O)(=O)c1cc(Br)cc(C(=O)O)c1F. The maximum absolute atomic E-state index is 14.0. The molecule has 0 amide bonds. The van der Waals surface area contributed by atoms with Crippen LogP contribution in [-0.2, 0) is 20.8 Å². The van der Waals surface area contributed by atoms with Crippen molar-refractivity contribution in [2.75, 3.05) is 12.0 Å². The lowest BCUT2D eigenvalue weighted by atomic mass is 10.2. The van der Waals surface area contributed by atoms with E-state index in [1.54, 1.807) is 0 Å². The van der Waals surface area contributed by atoms with Gasteiger partial charge >= 0.3 is 5.97 Å². The van der Waals surface area contributed by atoms with E-state index in [4.69, 9.17) is 5.11 Å². The molecular weight excluding hydrogens is 389 g/mol. The molecule has 0 aliphatic heterocycles. The van der Waals surface area contributed by atoms with Gasteiger partial charge in [-0.3, -0.25) is 4.21 Å². The Kier molecular flexibility index (Phi) is 6.02. The highest BCUT2D eigenvalue weighted by Gasteiger charge is 2.26. The highest BCUT2D eigenvalue weighted by atomic mass is 79.9. The van der Waals surface area contributed by atoms with Gasteiger partial charge in [-0.1, -0.05) is 15.9 Å². The van der Waals surface area contributed by atoms with Gasteiger partial charge in [-0.05, 0) is 19.1 Å². The summed E-state index contributed by atoms with van der Waals surface area (Å²) in [6, 6.07) is 1.26. The smallest absolute Gasteiger partial charge is 0.338 e. The maximum Gasteiger partial charge on any atom is 0.338 e. The number of sulfonamides is 1. The van der Waals surface area contributed by atoms with Crippen LogP contribution in [0, 0.1) is 5.82 Å². The lowest BCUT2D eigenvalue weighted by molar-refractivity contribution is 0.0691. The van der Waals surface area contributed by atoms with E-state index in [9.17, 15) is 21.8 Å². The Labute approximate surface area is 132 Å². The summed E-state index contributed by atoms with van der Waals surface area (Å²) < 4.78 is 51.6. The third kappa shape index (κ3) is 4.83. The minimum Gasteiger partial charge on any atom is -0.478 e. The molecule has 0 saturated carbocycles. The van der Waals surface area contributed by atoms with E-state index >= 15 is 0 Å². The summed E-state index contributed by atoms with van der Waals surface area (Å²) in [4.78, 5) is 10.1. The quantitative estimate of drug-likeness (QED) is 0.748. The van der Waals surface area contributed by atoms with Crippen molar-refractivity contribution in [3.05, 3.63) is 28.0 Å². The summed E-state index contributed by atoms with van der Waals surface area (Å²) in [5, 5.41) is 8.86. The highest BCUT2D eigenvalue weighted by molar-refractivity contribution is 9.10. The van der Waals surface area contributed by atoms with E-state index in [2.05, 4.69) is 20.7 Å². The number of carboxylic acids is 1. The Morgan fingerprint density at radius 1 is 1.52 bits per heavy atom. The van der Waals surface area contributed by atoms with Gasteiger partial charge in [0.2, 0.25) is 10.0 Å². The third-order valence-electron chi connectivity index (χ3n) is 2.36. The van der Waals surface area contributed by atoms with Crippen LogP contribution in [0.3, 0.4) is 0 Å². The molecule has 0 bridgehead atoms. The fourth-order valence-electron chi connectivity index (χ4n) is 1.63. The summed E-state index contributed by atoms with van der Waals surface area (Å²) in [5.74, 6) is -2.86. The Morgan fingerprint density at radius 2 is 2.10 bits per heavy atom. The number of carboxylic acid groups (broad SMARTS) is 1. The van der Waals surface area contributed by atoms with E-state index in [1.807, 2.05) is 0 Å². The number of halogens is 2. The van der Waals surface area contributed by atoms with Crippen molar-refractivity contribution < 1.29 is 26.9 Å². The number of nitrogens with one attached hydrogen (secondary N) is 1. The van der Waals surface area contributed by atoms with E-state index in [-0.39, 0.29) is 10.2 Å². The first kappa shape index (κ1) is 18.2. The molecule has 2 unspecified atom stereocenters. The molecule has 0 aliphatic carbocycles. The van der Waals surface area contributed by atoms with Crippen molar-refractivity contribution in [3.8, 4) is 0 Å². The van der Waals surface area contributed by atoms with Crippen molar-refractivity contribution in [1.82, 2.24) is 4.72 Å². The molecule has 0 fully saturated rings. The number of rotatable bonds is 6. The first-order chi connectivity index (χ1) is 9.54. The molecule has 2 atom stereocenters. The first-order valence-electron chi connectivity index (χ1n) is 5.59. The molecule has 0 radical (unpaired) electrons. The third-order valence-corrected chi connectivity index (χ3v) is 5.38. The van der Waals surface area contributed by atoms with Crippen molar-refractivity contribution >= 4 is 42.7 Å². The van der Waals surface area contributed by atoms with Crippen LogP contribution < -0.4 is 4.72 Å². The predicted octanol–water partition coefficient (Wildman–Crippen LogP) is 1.33. The summed E-state index contributed by atoms with van der Waals surface area (Å²) >= 11 is 2.94. The number of hydrogen-bond donors (Lipinski definition) is 2. The molecule has 0 heterocycles. The molecule has 0 spiro atoms. The van der Waals surface area contributed by atoms with Crippen LogP contribution >= 0.6 is 15.9 Å². The topological polar surface area (TPSA) is 101 Å². The van der Waals surface area contributed by atoms with Crippen molar-refractivity contribution in [2.45, 2.75) is 17.9 Å². The first-order valence-corrected chi connectivity index (χ1v) is 9.59. The van der Waals surface area contributed by atoms with Gasteiger partial charge in [0.1, 0.15) is 4.90 Å². The van der Waals surface area contributed by atoms with Crippen LogP contribution in [0.2, 0.25) is 0 Å². The van der Waals surface area contributed by atoms with Gasteiger partial charge in [-0.25, -0.2) is 22.3 Å². The molecule has 10 heteroatoms. The standard InChI is InChI=1S/C11H13BrFNO5S2/c1-6(5-20(2)17)14-21(18,19)9-4-7(12)3-8(10(9)13)11(15)16/h3-4,6,14H,5H2,1-2H3,(H,15,16). The monoisotopic (exact) mass is 401 g/mol. The lowest BCUT2D eigenvalue weighted by Gasteiger charge is -2.14. The zero-order valence-corrected chi connectivity index (χ0v) is 14.3.